The molecular formula is C21H15BF4N4O4. The van der Waals surface area contributed by atoms with Crippen LogP contribution in [-0.2, 0) is 0 Å². The Hall–Kier alpha value is -4.60. The Labute approximate surface area is 189 Å². The number of aryl methyl sites for hydroxylation is 1. The van der Waals surface area contributed by atoms with E-state index in [4.69, 9.17) is 15.6 Å². The van der Waals surface area contributed by atoms with Crippen molar-refractivity contribution < 1.29 is 37.5 Å². The highest BCUT2D eigenvalue weighted by atomic mass is 19.4. The Balaban J connectivity index is 0.000000288. The van der Waals surface area contributed by atoms with Gasteiger partial charge in [-0.25, -0.2) is 19.6 Å². The van der Waals surface area contributed by atoms with E-state index < -0.39 is 19.5 Å². The number of pyridine rings is 2. The first-order valence-electron chi connectivity index (χ1n) is 9.13. The van der Waals surface area contributed by atoms with Crippen molar-refractivity contribution in [2.24, 2.45) is 0 Å². The van der Waals surface area contributed by atoms with Gasteiger partial charge >= 0.3 is 25.2 Å². The molecule has 2 aromatic carbocycles. The van der Waals surface area contributed by atoms with Crippen LogP contribution in [0, 0.1) is 12.3 Å². The van der Waals surface area contributed by atoms with Gasteiger partial charge in [-0.3, -0.25) is 12.9 Å². The fraction of sp³-hybridized carbons (Fsp3) is 0.0476. The number of hydrogen-bond acceptors (Lipinski definition) is 5. The summed E-state index contributed by atoms with van der Waals surface area (Å²) in [6, 6.07) is 17.0. The van der Waals surface area contributed by atoms with Crippen LogP contribution in [-0.4, -0.2) is 39.7 Å². The predicted molar refractivity (Wildman–Crippen MR) is 116 cm³/mol. The van der Waals surface area contributed by atoms with Crippen molar-refractivity contribution in [3.63, 3.8) is 0 Å². The molecule has 0 spiro atoms. The number of diazo groups is 1. The smallest absolute Gasteiger partial charge is 0.762 e. The normalized spacial score (nSPS) is 9.38. The monoisotopic (exact) mass is 474 g/mol. The van der Waals surface area contributed by atoms with Gasteiger partial charge in [-0.1, -0.05) is 24.3 Å². The van der Waals surface area contributed by atoms with Crippen LogP contribution in [0.5, 0.6) is 0 Å². The van der Waals surface area contributed by atoms with E-state index >= 15 is 0 Å². The number of carboxylic acids is 2. The summed E-state index contributed by atoms with van der Waals surface area (Å²) < 4.78 is 29.0. The number of halogens is 4. The summed E-state index contributed by atoms with van der Waals surface area (Å²) in [4.78, 5) is 32.3. The maximum absolute atomic E-state index is 10.7. The van der Waals surface area contributed by atoms with E-state index in [1.807, 2.05) is 25.1 Å². The largest absolute Gasteiger partial charge is 1.00 e. The zero-order valence-corrected chi connectivity index (χ0v) is 17.4. The van der Waals surface area contributed by atoms with Gasteiger partial charge < -0.3 is 14.9 Å². The Morgan fingerprint density at radius 3 is 1.68 bits per heavy atom. The summed E-state index contributed by atoms with van der Waals surface area (Å²) in [5.74, 6) is -2.07. The number of carbonyl (C=O) groups is 2. The minimum atomic E-state index is -3.67. The lowest BCUT2D eigenvalue weighted by molar-refractivity contribution is -0.0000398. The summed E-state index contributed by atoms with van der Waals surface area (Å²) in [5, 5.41) is 27.8. The van der Waals surface area contributed by atoms with Gasteiger partial charge in [-0.15, -0.1) is 0 Å². The molecule has 0 fully saturated rings. The van der Waals surface area contributed by atoms with Crippen LogP contribution in [0.4, 0.5) is 18.6 Å². The first-order valence-corrected chi connectivity index (χ1v) is 9.13. The van der Waals surface area contributed by atoms with E-state index in [1.54, 1.807) is 24.3 Å². The van der Waals surface area contributed by atoms with Gasteiger partial charge in [0.2, 0.25) is 5.39 Å². The Morgan fingerprint density at radius 1 is 0.824 bits per heavy atom. The third kappa shape index (κ3) is 7.83. The average Bonchev–Trinajstić information content (AvgIpc) is 2.77. The molecule has 34 heavy (non-hydrogen) atoms. The second kappa shape index (κ2) is 12.4. The van der Waals surface area contributed by atoms with Gasteiger partial charge in [0.15, 0.2) is 4.98 Å². The molecule has 13 heteroatoms. The molecule has 0 saturated heterocycles. The highest BCUT2D eigenvalue weighted by molar-refractivity contribution is 6.33. The van der Waals surface area contributed by atoms with Gasteiger partial charge in [0.25, 0.3) is 0 Å². The van der Waals surface area contributed by atoms with E-state index in [0.29, 0.717) is 11.2 Å². The van der Waals surface area contributed by atoms with Crippen molar-refractivity contribution in [3.8, 4) is 0 Å². The van der Waals surface area contributed by atoms with Crippen molar-refractivity contribution in [3.05, 3.63) is 82.6 Å². The number of fused-ring (bicyclic) bond motifs is 2. The fourth-order valence-electron chi connectivity index (χ4n) is 2.63. The van der Waals surface area contributed by atoms with Crippen LogP contribution in [0.25, 0.3) is 26.8 Å². The molecule has 0 atom stereocenters. The maximum Gasteiger partial charge on any atom is 0.762 e. The molecule has 4 rings (SSSR count). The number of nitrogens with zero attached hydrogens (tertiary/aromatic N) is 4. The number of rotatable bonds is 2. The van der Waals surface area contributed by atoms with Crippen LogP contribution >= 0.6 is 0 Å². The SMILES string of the molecule is Cc1ccc2ccc(C(=O)O)nc2c1.FB(F)F.N#[N+]c1ccc2ccc(C(=O)O)nc2c1.[F-]. The zero-order chi connectivity index (χ0) is 24.5. The third-order valence-electron chi connectivity index (χ3n) is 4.08. The Kier molecular flexibility index (Phi) is 10.0. The highest BCUT2D eigenvalue weighted by Gasteiger charge is 2.09. The fourth-order valence-corrected chi connectivity index (χ4v) is 2.63. The van der Waals surface area contributed by atoms with Crippen LogP contribution in [0.15, 0.2) is 60.7 Å². The second-order valence-corrected chi connectivity index (χ2v) is 6.42. The quantitative estimate of drug-likeness (QED) is 0.260. The van der Waals surface area contributed by atoms with Gasteiger partial charge in [0.1, 0.15) is 11.4 Å². The molecule has 2 heterocycles. The molecule has 0 saturated carbocycles. The molecule has 0 aliphatic carbocycles. The molecular weight excluding hydrogens is 459 g/mol. The molecule has 0 bridgehead atoms. The zero-order valence-electron chi connectivity index (χ0n) is 17.4. The molecule has 174 valence electrons. The van der Waals surface area contributed by atoms with E-state index in [-0.39, 0.29) is 16.1 Å². The lowest BCUT2D eigenvalue weighted by Crippen LogP contribution is -3.00. The highest BCUT2D eigenvalue weighted by Crippen LogP contribution is 2.20. The molecule has 0 aliphatic heterocycles. The van der Waals surface area contributed by atoms with Gasteiger partial charge in [0, 0.05) is 16.8 Å². The summed E-state index contributed by atoms with van der Waals surface area (Å²) in [6.45, 7) is 1.95. The summed E-state index contributed by atoms with van der Waals surface area (Å²) >= 11 is 0. The van der Waals surface area contributed by atoms with Crippen molar-refractivity contribution in [2.45, 2.75) is 6.92 Å². The van der Waals surface area contributed by atoms with Crippen molar-refractivity contribution in [1.29, 1.82) is 5.39 Å². The van der Waals surface area contributed by atoms with Gasteiger partial charge in [-0.05, 0) is 36.8 Å². The minimum Gasteiger partial charge on any atom is -1.00 e. The predicted octanol–water partition coefficient (Wildman–Crippen LogP) is 2.54. The van der Waals surface area contributed by atoms with Crippen LogP contribution in [0.3, 0.4) is 0 Å². The summed E-state index contributed by atoms with van der Waals surface area (Å²) in [5.41, 5.74) is 2.70. The molecule has 4 aromatic rings. The number of aromatic nitrogens is 2. The Morgan fingerprint density at radius 2 is 1.24 bits per heavy atom. The molecule has 0 radical (unpaired) electrons. The average molecular weight is 474 g/mol. The van der Waals surface area contributed by atoms with E-state index in [0.717, 1.165) is 21.9 Å². The first-order chi connectivity index (χ1) is 15.6. The molecule has 0 amide bonds. The maximum atomic E-state index is 10.7. The molecule has 2 aromatic heterocycles. The van der Waals surface area contributed by atoms with E-state index in [9.17, 15) is 22.5 Å². The molecule has 2 N–H and O–H groups in total. The number of benzene rings is 2. The van der Waals surface area contributed by atoms with Crippen molar-refractivity contribution in [1.82, 2.24) is 9.97 Å². The van der Waals surface area contributed by atoms with E-state index in [1.165, 1.54) is 18.2 Å². The van der Waals surface area contributed by atoms with Crippen LogP contribution < -0.4 is 4.70 Å². The van der Waals surface area contributed by atoms with Crippen molar-refractivity contribution >= 4 is 47.0 Å². The lowest BCUT2D eigenvalue weighted by atomic mass is 10.1. The van der Waals surface area contributed by atoms with Crippen LogP contribution in [0.1, 0.15) is 26.5 Å². The van der Waals surface area contributed by atoms with Crippen molar-refractivity contribution in [2.75, 3.05) is 0 Å². The molecule has 0 unspecified atom stereocenters. The number of aromatic carboxylic acids is 2. The topological polar surface area (TPSA) is 129 Å². The number of carboxylic acid groups (broad SMARTS) is 2. The lowest BCUT2D eigenvalue weighted by Gasteiger charge is -1.99. The van der Waals surface area contributed by atoms with Crippen LogP contribution in [0.2, 0.25) is 0 Å². The van der Waals surface area contributed by atoms with E-state index in [2.05, 4.69) is 14.9 Å². The summed E-state index contributed by atoms with van der Waals surface area (Å²) in [7, 11) is -3.67. The third-order valence-corrected chi connectivity index (χ3v) is 4.08. The summed E-state index contributed by atoms with van der Waals surface area (Å²) in [6.07, 6.45) is 0. The molecule has 0 aliphatic rings. The standard InChI is InChI=1S/C11H9NO2.C10H5N3O2.BF3.FH/c1-7-2-3-8-4-5-9(11(13)14)12-10(8)6-7;11-13-7-3-1-6-2-4-8(10(14)15)12-9(6)5-7;2-1(3)4;/h2-6H,1H3,(H,13,14);1-5H;;1H. The van der Waals surface area contributed by atoms with Gasteiger partial charge in [-0.2, -0.15) is 0 Å². The first kappa shape index (κ1) is 27.4. The number of hydrogen-bond donors (Lipinski definition) is 2. The minimum absolute atomic E-state index is 0. The Bertz CT molecular complexity index is 1360. The van der Waals surface area contributed by atoms with Gasteiger partial charge in [0.05, 0.1) is 17.1 Å². The second-order valence-electron chi connectivity index (χ2n) is 6.42. The molecule has 8 nitrogen and oxygen atoms in total.